The Bertz CT molecular complexity index is 871. The van der Waals surface area contributed by atoms with Crippen molar-refractivity contribution in [2.45, 2.75) is 65.1 Å². The molecule has 4 amide bonds. The molecule has 0 spiro atoms. The van der Waals surface area contributed by atoms with E-state index in [2.05, 4.69) is 26.2 Å². The standard InChI is InChI=1S/C27H47N5O8/c1-18(2)12-20(25(36)27(5)17-40-27)30-23(34)15-29-26(37)21(13-19(3)4)31-22(33)14-28-24(35)16-39-11-8-32-6-9-38-10-7-32/h18-21H,6-17H2,1-5H3,(H,28,35)(H,29,37)(H,30,34)(H,31,33)/t20-,21-,27+/m0/s1. The molecule has 13 nitrogen and oxygen atoms in total. The highest BCUT2D eigenvalue weighted by Gasteiger charge is 2.50. The van der Waals surface area contributed by atoms with E-state index in [0.717, 1.165) is 13.1 Å². The summed E-state index contributed by atoms with van der Waals surface area (Å²) in [5.74, 6) is -1.95. The number of nitrogens with zero attached hydrogens (tertiary/aromatic N) is 1. The predicted octanol–water partition coefficient (Wildman–Crippen LogP) is -1.01. The molecule has 0 aromatic rings. The van der Waals surface area contributed by atoms with E-state index < -0.39 is 41.3 Å². The molecule has 2 fully saturated rings. The molecule has 2 aliphatic rings. The van der Waals surface area contributed by atoms with Crippen molar-refractivity contribution in [3.8, 4) is 0 Å². The molecular formula is C27H47N5O8. The largest absolute Gasteiger partial charge is 0.379 e. The Morgan fingerprint density at radius 1 is 0.850 bits per heavy atom. The molecule has 2 aliphatic heterocycles. The Morgan fingerprint density at radius 3 is 1.98 bits per heavy atom. The van der Waals surface area contributed by atoms with Gasteiger partial charge in [0.1, 0.15) is 18.2 Å². The van der Waals surface area contributed by atoms with Crippen molar-refractivity contribution in [3.63, 3.8) is 0 Å². The number of morpholine rings is 1. The molecule has 0 radical (unpaired) electrons. The van der Waals surface area contributed by atoms with Gasteiger partial charge < -0.3 is 35.5 Å². The van der Waals surface area contributed by atoms with Crippen molar-refractivity contribution in [2.24, 2.45) is 11.8 Å². The van der Waals surface area contributed by atoms with E-state index in [1.165, 1.54) is 0 Å². The summed E-state index contributed by atoms with van der Waals surface area (Å²) in [6, 6.07) is -1.61. The smallest absolute Gasteiger partial charge is 0.246 e. The lowest BCUT2D eigenvalue weighted by Gasteiger charge is -2.26. The molecule has 2 heterocycles. The van der Waals surface area contributed by atoms with E-state index >= 15 is 0 Å². The molecule has 228 valence electrons. The first-order valence-electron chi connectivity index (χ1n) is 14.1. The molecule has 0 aromatic heterocycles. The van der Waals surface area contributed by atoms with Crippen LogP contribution in [0.25, 0.3) is 0 Å². The van der Waals surface area contributed by atoms with Crippen molar-refractivity contribution in [1.82, 2.24) is 26.2 Å². The highest BCUT2D eigenvalue weighted by molar-refractivity contribution is 5.97. The van der Waals surface area contributed by atoms with Crippen LogP contribution in [0.5, 0.6) is 0 Å². The average Bonchev–Trinajstić information content (AvgIpc) is 3.65. The van der Waals surface area contributed by atoms with Gasteiger partial charge in [-0.2, -0.15) is 0 Å². The molecule has 4 N–H and O–H groups in total. The van der Waals surface area contributed by atoms with Gasteiger partial charge in [0.05, 0.1) is 45.6 Å². The molecule has 0 aliphatic carbocycles. The van der Waals surface area contributed by atoms with E-state index in [4.69, 9.17) is 14.2 Å². The van der Waals surface area contributed by atoms with Gasteiger partial charge in [-0.1, -0.05) is 27.7 Å². The fourth-order valence-corrected chi connectivity index (χ4v) is 4.22. The minimum Gasteiger partial charge on any atom is -0.379 e. The first kappa shape index (κ1) is 33.6. The van der Waals surface area contributed by atoms with Crippen LogP contribution in [0.4, 0.5) is 0 Å². The van der Waals surface area contributed by atoms with E-state index in [0.29, 0.717) is 45.8 Å². The van der Waals surface area contributed by atoms with Crippen LogP contribution in [0, 0.1) is 11.8 Å². The molecule has 3 atom stereocenters. The fraction of sp³-hybridized carbons (Fsp3) is 0.815. The molecule has 2 rings (SSSR count). The van der Waals surface area contributed by atoms with E-state index in [1.54, 1.807) is 6.92 Å². The molecule has 40 heavy (non-hydrogen) atoms. The summed E-state index contributed by atoms with van der Waals surface area (Å²) in [5, 5.41) is 10.4. The second-order valence-corrected chi connectivity index (χ2v) is 11.4. The van der Waals surface area contributed by atoms with E-state index in [9.17, 15) is 24.0 Å². The molecule has 13 heteroatoms. The van der Waals surface area contributed by atoms with Gasteiger partial charge in [-0.25, -0.2) is 0 Å². The zero-order chi connectivity index (χ0) is 29.7. The van der Waals surface area contributed by atoms with Crippen molar-refractivity contribution in [3.05, 3.63) is 0 Å². The summed E-state index contributed by atoms with van der Waals surface area (Å²) in [4.78, 5) is 64.8. The molecule has 0 aromatic carbocycles. The maximum Gasteiger partial charge on any atom is 0.246 e. The van der Waals surface area contributed by atoms with Crippen LogP contribution in [0.3, 0.4) is 0 Å². The quantitative estimate of drug-likeness (QED) is 0.119. The molecule has 0 bridgehead atoms. The van der Waals surface area contributed by atoms with Crippen molar-refractivity contribution >= 4 is 29.4 Å². The first-order valence-corrected chi connectivity index (χ1v) is 14.1. The predicted molar refractivity (Wildman–Crippen MR) is 146 cm³/mol. The summed E-state index contributed by atoms with van der Waals surface area (Å²) in [5.41, 5.74) is -0.868. The Labute approximate surface area is 236 Å². The number of ketones is 1. The summed E-state index contributed by atoms with van der Waals surface area (Å²) in [6.45, 7) is 13.0. The van der Waals surface area contributed by atoms with Gasteiger partial charge >= 0.3 is 0 Å². The third-order valence-corrected chi connectivity index (χ3v) is 6.57. The minimum absolute atomic E-state index is 0.0756. The van der Waals surface area contributed by atoms with E-state index in [1.807, 2.05) is 27.7 Å². The number of ether oxygens (including phenoxy) is 3. The number of nitrogens with one attached hydrogen (secondary N) is 4. The highest BCUT2D eigenvalue weighted by Crippen LogP contribution is 2.29. The third kappa shape index (κ3) is 12.7. The van der Waals surface area contributed by atoms with E-state index in [-0.39, 0.29) is 37.3 Å². The summed E-state index contributed by atoms with van der Waals surface area (Å²) in [6.07, 6.45) is 0.788. The number of amides is 4. The first-order chi connectivity index (χ1) is 18.9. The molecule has 2 saturated heterocycles. The maximum absolute atomic E-state index is 12.8. The monoisotopic (exact) mass is 569 g/mol. The third-order valence-electron chi connectivity index (χ3n) is 6.57. The Hall–Kier alpha value is -2.61. The van der Waals surface area contributed by atoms with Crippen molar-refractivity contribution in [2.75, 3.05) is 65.8 Å². The zero-order valence-electron chi connectivity index (χ0n) is 24.5. The normalized spacial score (nSPS) is 20.5. The van der Waals surface area contributed by atoms with Gasteiger partial charge in [0.2, 0.25) is 23.6 Å². The van der Waals surface area contributed by atoms with Crippen LogP contribution in [-0.2, 0) is 38.2 Å². The molecule has 0 saturated carbocycles. The van der Waals surface area contributed by atoms with Gasteiger partial charge in [-0.05, 0) is 31.6 Å². The van der Waals surface area contributed by atoms with Crippen LogP contribution in [0.1, 0.15) is 47.5 Å². The van der Waals surface area contributed by atoms with Gasteiger partial charge in [0.15, 0.2) is 5.78 Å². The number of hydrogen-bond acceptors (Lipinski definition) is 9. The second-order valence-electron chi connectivity index (χ2n) is 11.4. The summed E-state index contributed by atoms with van der Waals surface area (Å²) >= 11 is 0. The Balaban J connectivity index is 1.74. The maximum atomic E-state index is 12.8. The number of carbonyl (C=O) groups is 5. The topological polar surface area (TPSA) is 168 Å². The van der Waals surface area contributed by atoms with Crippen LogP contribution in [0.2, 0.25) is 0 Å². The highest BCUT2D eigenvalue weighted by atomic mass is 16.6. The Kier molecular flexibility index (Phi) is 13.9. The number of carbonyl (C=O) groups excluding carboxylic acids is 5. The van der Waals surface area contributed by atoms with Crippen molar-refractivity contribution < 1.29 is 38.2 Å². The number of rotatable bonds is 18. The van der Waals surface area contributed by atoms with Crippen LogP contribution >= 0.6 is 0 Å². The van der Waals surface area contributed by atoms with Crippen LogP contribution in [0.15, 0.2) is 0 Å². The summed E-state index contributed by atoms with van der Waals surface area (Å²) < 4.78 is 15.9. The lowest BCUT2D eigenvalue weighted by molar-refractivity contribution is -0.133. The van der Waals surface area contributed by atoms with Crippen molar-refractivity contribution in [1.29, 1.82) is 0 Å². The van der Waals surface area contributed by atoms with Gasteiger partial charge in [-0.3, -0.25) is 28.9 Å². The molecule has 0 unspecified atom stereocenters. The molecular weight excluding hydrogens is 522 g/mol. The van der Waals surface area contributed by atoms with Crippen LogP contribution in [-0.4, -0.2) is 118 Å². The second kappa shape index (κ2) is 16.6. The zero-order valence-corrected chi connectivity index (χ0v) is 24.5. The SMILES string of the molecule is CC(C)C[C@H](NC(=O)CNC(=O)COCCN1CCOCC1)C(=O)NCC(=O)N[C@@H](CC(C)C)C(=O)[C@@]1(C)CO1. The lowest BCUT2D eigenvalue weighted by atomic mass is 9.93. The van der Waals surface area contributed by atoms with Crippen LogP contribution < -0.4 is 21.3 Å². The lowest BCUT2D eigenvalue weighted by Crippen LogP contribution is -2.53. The fourth-order valence-electron chi connectivity index (χ4n) is 4.22. The average molecular weight is 570 g/mol. The summed E-state index contributed by atoms with van der Waals surface area (Å²) in [7, 11) is 0. The Morgan fingerprint density at radius 2 is 1.40 bits per heavy atom. The minimum atomic E-state index is -0.895. The van der Waals surface area contributed by atoms with Gasteiger partial charge in [0, 0.05) is 19.6 Å². The number of epoxide rings is 1. The van der Waals surface area contributed by atoms with Gasteiger partial charge in [0.25, 0.3) is 0 Å². The number of hydrogen-bond donors (Lipinski definition) is 4. The van der Waals surface area contributed by atoms with Gasteiger partial charge in [-0.15, -0.1) is 0 Å². The number of Topliss-reactive ketones (excluding diaryl/α,β-unsaturated/α-hetero) is 1.